The molecule has 12 heteroatoms. The van der Waals surface area contributed by atoms with Crippen LogP contribution >= 0.6 is 0 Å². The van der Waals surface area contributed by atoms with Crippen LogP contribution in [0.2, 0.25) is 0 Å². The molecule has 2 aromatic rings. The van der Waals surface area contributed by atoms with E-state index in [1.165, 1.54) is 20.0 Å². The zero-order valence-electron chi connectivity index (χ0n) is 16.2. The van der Waals surface area contributed by atoms with Gasteiger partial charge in [-0.05, 0) is 37.8 Å². The normalized spacial score (nSPS) is 15.1. The van der Waals surface area contributed by atoms with Crippen LogP contribution in [-0.2, 0) is 16.6 Å². The summed E-state index contributed by atoms with van der Waals surface area (Å²) in [6.45, 7) is -0.786. The highest BCUT2D eigenvalue weighted by Gasteiger charge is 2.40. The molecule has 1 aliphatic rings. The summed E-state index contributed by atoms with van der Waals surface area (Å²) in [5, 5.41) is 0.0549. The number of fused-ring (bicyclic) bond motifs is 1. The quantitative estimate of drug-likeness (QED) is 0.686. The summed E-state index contributed by atoms with van der Waals surface area (Å²) in [6.07, 6.45) is -3.11. The molecular formula is C18H19F3N4O5. The predicted molar refractivity (Wildman–Crippen MR) is 97.8 cm³/mol. The van der Waals surface area contributed by atoms with Crippen LogP contribution in [0.15, 0.2) is 21.7 Å². The number of hydrogen-bond acceptors (Lipinski definition) is 6. The summed E-state index contributed by atoms with van der Waals surface area (Å²) in [4.78, 5) is 54.7. The molecule has 1 saturated carbocycles. The largest absolute Gasteiger partial charge is 0.451 e. The molecule has 0 bridgehead atoms. The minimum absolute atomic E-state index is 0.00599. The molecule has 0 spiro atoms. The lowest BCUT2D eigenvalue weighted by atomic mass is 10.2. The van der Waals surface area contributed by atoms with Crippen molar-refractivity contribution in [3.05, 3.63) is 38.7 Å². The van der Waals surface area contributed by atoms with Crippen molar-refractivity contribution in [2.75, 3.05) is 13.2 Å². The van der Waals surface area contributed by atoms with Crippen molar-refractivity contribution in [1.82, 2.24) is 19.4 Å². The summed E-state index contributed by atoms with van der Waals surface area (Å²) >= 11 is 0. The molecule has 30 heavy (non-hydrogen) atoms. The third-order valence-electron chi connectivity index (χ3n) is 4.96. The Bertz CT molecular complexity index is 1100. The van der Waals surface area contributed by atoms with Gasteiger partial charge in [0.15, 0.2) is 12.3 Å². The fourth-order valence-electron chi connectivity index (χ4n) is 3.11. The van der Waals surface area contributed by atoms with Crippen LogP contribution in [-0.4, -0.2) is 56.7 Å². The Morgan fingerprint density at radius 2 is 2.00 bits per heavy atom. The van der Waals surface area contributed by atoms with Crippen LogP contribution in [0.1, 0.15) is 30.3 Å². The first kappa shape index (κ1) is 21.5. The van der Waals surface area contributed by atoms with Crippen LogP contribution in [0.3, 0.4) is 0 Å². The standard InChI is InChI=1S/C18H19F3N4O5/c1-9(10-3-4-10)25(8-18(19,20)21)13(26)7-30-16(28)12-6-5-11-14(22-12)24(2)17(29)23-15(11)27/h5-6,9-10H,3-4,7-8H2,1-2H3,(H,23,27,29)/t9-/m0/s1. The number of nitrogens with one attached hydrogen (secondary N) is 1. The number of aryl methyl sites for hydroxylation is 1. The Morgan fingerprint density at radius 1 is 1.33 bits per heavy atom. The Hall–Kier alpha value is -3.18. The summed E-state index contributed by atoms with van der Waals surface area (Å²) in [5.74, 6) is -2.04. The van der Waals surface area contributed by atoms with Gasteiger partial charge in [-0.25, -0.2) is 14.6 Å². The SMILES string of the molecule is C[C@@H](C1CC1)N(CC(F)(F)F)C(=O)COC(=O)c1ccc2c(=O)[nH]c(=O)n(C)c2n1. The fraction of sp³-hybridized carbons (Fsp3) is 0.500. The maximum Gasteiger partial charge on any atom is 0.406 e. The molecule has 2 heterocycles. The highest BCUT2D eigenvalue weighted by atomic mass is 19.4. The Morgan fingerprint density at radius 3 is 2.60 bits per heavy atom. The van der Waals surface area contributed by atoms with Crippen molar-refractivity contribution in [3.8, 4) is 0 Å². The molecular weight excluding hydrogens is 409 g/mol. The first-order valence-electron chi connectivity index (χ1n) is 9.11. The van der Waals surface area contributed by atoms with Crippen molar-refractivity contribution in [2.24, 2.45) is 13.0 Å². The van der Waals surface area contributed by atoms with E-state index in [2.05, 4.69) is 9.97 Å². The third-order valence-corrected chi connectivity index (χ3v) is 4.96. The van der Waals surface area contributed by atoms with Gasteiger partial charge in [-0.15, -0.1) is 0 Å². The summed E-state index contributed by atoms with van der Waals surface area (Å²) in [6, 6.07) is 1.79. The van der Waals surface area contributed by atoms with Crippen LogP contribution in [0.25, 0.3) is 11.0 Å². The molecule has 1 aliphatic carbocycles. The molecule has 162 valence electrons. The maximum absolute atomic E-state index is 12.9. The number of rotatable bonds is 6. The molecule has 0 aliphatic heterocycles. The lowest BCUT2D eigenvalue weighted by molar-refractivity contribution is -0.167. The number of aromatic amines is 1. The first-order chi connectivity index (χ1) is 14.0. The van der Waals surface area contributed by atoms with Gasteiger partial charge < -0.3 is 9.64 Å². The van der Waals surface area contributed by atoms with Crippen LogP contribution in [0.4, 0.5) is 13.2 Å². The predicted octanol–water partition coefficient (Wildman–Crippen LogP) is 0.968. The number of ether oxygens (including phenoxy) is 1. The zero-order valence-corrected chi connectivity index (χ0v) is 16.2. The maximum atomic E-state index is 12.9. The molecule has 1 atom stereocenters. The average molecular weight is 428 g/mol. The van der Waals surface area contributed by atoms with Crippen LogP contribution < -0.4 is 11.2 Å². The molecule has 3 rings (SSSR count). The molecule has 0 aromatic carbocycles. The van der Waals surface area contributed by atoms with E-state index in [0.717, 1.165) is 23.5 Å². The van der Waals surface area contributed by atoms with E-state index in [1.54, 1.807) is 0 Å². The topological polar surface area (TPSA) is 114 Å². The summed E-state index contributed by atoms with van der Waals surface area (Å²) in [5.41, 5.74) is -1.80. The zero-order chi connectivity index (χ0) is 22.2. The van der Waals surface area contributed by atoms with Gasteiger partial charge in [0.25, 0.3) is 11.5 Å². The van der Waals surface area contributed by atoms with Crippen molar-refractivity contribution >= 4 is 22.9 Å². The highest BCUT2D eigenvalue weighted by Crippen LogP contribution is 2.36. The second kappa shape index (κ2) is 7.92. The van der Waals surface area contributed by atoms with Crippen molar-refractivity contribution in [3.63, 3.8) is 0 Å². The van der Waals surface area contributed by atoms with E-state index in [1.807, 2.05) is 0 Å². The second-order valence-electron chi connectivity index (χ2n) is 7.18. The number of esters is 1. The summed E-state index contributed by atoms with van der Waals surface area (Å²) in [7, 11) is 1.33. The van der Waals surface area contributed by atoms with Gasteiger partial charge in [-0.1, -0.05) is 0 Å². The molecule has 1 amide bonds. The lowest BCUT2D eigenvalue weighted by Gasteiger charge is -2.30. The molecule has 2 aromatic heterocycles. The van der Waals surface area contributed by atoms with E-state index in [4.69, 9.17) is 4.74 Å². The number of hydrogen-bond donors (Lipinski definition) is 1. The fourth-order valence-corrected chi connectivity index (χ4v) is 3.11. The number of H-pyrrole nitrogens is 1. The van der Waals surface area contributed by atoms with Gasteiger partial charge in [-0.3, -0.25) is 19.1 Å². The van der Waals surface area contributed by atoms with Crippen LogP contribution in [0.5, 0.6) is 0 Å². The molecule has 1 fully saturated rings. The Kier molecular flexibility index (Phi) is 5.68. The number of alkyl halides is 3. The van der Waals surface area contributed by atoms with Gasteiger partial charge in [0, 0.05) is 13.1 Å². The third kappa shape index (κ3) is 4.69. The first-order valence-corrected chi connectivity index (χ1v) is 9.11. The van der Waals surface area contributed by atoms with E-state index < -0.39 is 48.5 Å². The minimum atomic E-state index is -4.58. The van der Waals surface area contributed by atoms with E-state index in [9.17, 15) is 32.3 Å². The van der Waals surface area contributed by atoms with Gasteiger partial charge >= 0.3 is 17.8 Å². The molecule has 9 nitrogen and oxygen atoms in total. The number of aromatic nitrogens is 3. The van der Waals surface area contributed by atoms with E-state index in [-0.39, 0.29) is 22.6 Å². The monoisotopic (exact) mass is 428 g/mol. The lowest BCUT2D eigenvalue weighted by Crippen LogP contribution is -2.47. The minimum Gasteiger partial charge on any atom is -0.451 e. The van der Waals surface area contributed by atoms with Gasteiger partial charge in [0.2, 0.25) is 0 Å². The summed E-state index contributed by atoms with van der Waals surface area (Å²) < 4.78 is 44.4. The van der Waals surface area contributed by atoms with E-state index >= 15 is 0 Å². The number of pyridine rings is 1. The average Bonchev–Trinajstić information content (AvgIpc) is 3.52. The Labute approximate surface area is 167 Å². The van der Waals surface area contributed by atoms with Crippen LogP contribution in [0, 0.1) is 5.92 Å². The number of amides is 1. The van der Waals surface area contributed by atoms with Crippen molar-refractivity contribution < 1.29 is 27.5 Å². The van der Waals surface area contributed by atoms with Crippen molar-refractivity contribution in [1.29, 1.82) is 0 Å². The Balaban J connectivity index is 1.75. The van der Waals surface area contributed by atoms with E-state index in [0.29, 0.717) is 4.90 Å². The number of carbonyl (C=O) groups excluding carboxylic acids is 2. The molecule has 0 unspecified atom stereocenters. The number of nitrogens with zero attached hydrogens (tertiary/aromatic N) is 3. The molecule has 1 N–H and O–H groups in total. The van der Waals surface area contributed by atoms with Gasteiger partial charge in [0.05, 0.1) is 5.39 Å². The smallest absolute Gasteiger partial charge is 0.406 e. The second-order valence-corrected chi connectivity index (χ2v) is 7.18. The van der Waals surface area contributed by atoms with Crippen molar-refractivity contribution in [2.45, 2.75) is 32.0 Å². The molecule has 0 radical (unpaired) electrons. The number of halogens is 3. The highest BCUT2D eigenvalue weighted by molar-refractivity contribution is 5.91. The van der Waals surface area contributed by atoms with Gasteiger partial charge in [0.1, 0.15) is 12.2 Å². The van der Waals surface area contributed by atoms with Gasteiger partial charge in [-0.2, -0.15) is 13.2 Å². The molecule has 0 saturated heterocycles. The number of carbonyl (C=O) groups is 2.